The molecule has 2 heterocycles. The molecule has 6 heteroatoms. The monoisotopic (exact) mass is 411 g/mol. The molecule has 1 saturated carbocycles. The number of carbonyl (C=O) groups excluding carboxylic acids is 2. The average Bonchev–Trinajstić information content (AvgIpc) is 2.78. The summed E-state index contributed by atoms with van der Waals surface area (Å²) in [5.74, 6) is 0.238. The number of carbonyl (C=O) groups is 2. The number of amides is 2. The Kier molecular flexibility index (Phi) is 7.05. The van der Waals surface area contributed by atoms with Crippen molar-refractivity contribution in [2.24, 2.45) is 5.92 Å². The van der Waals surface area contributed by atoms with Gasteiger partial charge in [-0.15, -0.1) is 0 Å². The standard InChI is InChI=1S/C24H33N3O3/c28-23(25-12-7-15-27-13-5-2-6-14-27)19-10-11-21-20(17-19)26-24(29)22(30-21)16-18-8-3-1-4-9-18/h1,3-4,8-9,16,19-21H,2,5-7,10-15,17H2,(H,25,28)(H,26,29)/b22-16-. The number of fused-ring (bicyclic) bond motifs is 1. The summed E-state index contributed by atoms with van der Waals surface area (Å²) in [6.45, 7) is 4.18. The molecule has 3 atom stereocenters. The van der Waals surface area contributed by atoms with Crippen LogP contribution in [0.15, 0.2) is 36.1 Å². The molecule has 162 valence electrons. The molecule has 2 N–H and O–H groups in total. The van der Waals surface area contributed by atoms with Crippen molar-refractivity contribution >= 4 is 17.9 Å². The molecule has 1 aromatic rings. The number of hydrogen-bond acceptors (Lipinski definition) is 4. The Morgan fingerprint density at radius 1 is 1.17 bits per heavy atom. The summed E-state index contributed by atoms with van der Waals surface area (Å²) in [5.41, 5.74) is 0.943. The Morgan fingerprint density at radius 3 is 2.77 bits per heavy atom. The van der Waals surface area contributed by atoms with Gasteiger partial charge in [0.25, 0.3) is 5.91 Å². The zero-order valence-corrected chi connectivity index (χ0v) is 17.6. The summed E-state index contributed by atoms with van der Waals surface area (Å²) < 4.78 is 6.01. The fourth-order valence-electron chi connectivity index (χ4n) is 4.77. The van der Waals surface area contributed by atoms with Crippen LogP contribution in [0, 0.1) is 5.92 Å². The molecule has 0 bridgehead atoms. The van der Waals surface area contributed by atoms with E-state index in [-0.39, 0.29) is 29.9 Å². The maximum Gasteiger partial charge on any atom is 0.286 e. The molecule has 2 aliphatic heterocycles. The molecule has 0 spiro atoms. The molecule has 0 aromatic heterocycles. The van der Waals surface area contributed by atoms with E-state index in [9.17, 15) is 9.59 Å². The lowest BCUT2D eigenvalue weighted by atomic mass is 9.82. The second-order valence-corrected chi connectivity index (χ2v) is 8.71. The van der Waals surface area contributed by atoms with E-state index in [1.165, 1.54) is 32.4 Å². The predicted molar refractivity (Wildman–Crippen MR) is 116 cm³/mol. The fourth-order valence-corrected chi connectivity index (χ4v) is 4.77. The molecule has 0 radical (unpaired) electrons. The number of benzene rings is 1. The minimum atomic E-state index is -0.192. The van der Waals surface area contributed by atoms with Crippen LogP contribution >= 0.6 is 0 Å². The van der Waals surface area contributed by atoms with Crippen molar-refractivity contribution in [3.8, 4) is 0 Å². The van der Waals surface area contributed by atoms with Crippen molar-refractivity contribution in [3.05, 3.63) is 41.7 Å². The molecule has 30 heavy (non-hydrogen) atoms. The van der Waals surface area contributed by atoms with Crippen molar-refractivity contribution in [1.82, 2.24) is 15.5 Å². The van der Waals surface area contributed by atoms with Gasteiger partial charge in [0, 0.05) is 12.5 Å². The summed E-state index contributed by atoms with van der Waals surface area (Å²) in [6.07, 6.45) is 8.90. The number of rotatable bonds is 6. The van der Waals surface area contributed by atoms with Crippen LogP contribution in [-0.2, 0) is 14.3 Å². The van der Waals surface area contributed by atoms with Crippen molar-refractivity contribution in [3.63, 3.8) is 0 Å². The highest BCUT2D eigenvalue weighted by atomic mass is 16.5. The zero-order valence-electron chi connectivity index (χ0n) is 17.6. The van der Waals surface area contributed by atoms with Crippen molar-refractivity contribution in [2.75, 3.05) is 26.2 Å². The van der Waals surface area contributed by atoms with E-state index in [2.05, 4.69) is 15.5 Å². The van der Waals surface area contributed by atoms with Gasteiger partial charge in [-0.3, -0.25) is 9.59 Å². The first kappa shape index (κ1) is 20.9. The summed E-state index contributed by atoms with van der Waals surface area (Å²) >= 11 is 0. The highest BCUT2D eigenvalue weighted by molar-refractivity contribution is 5.96. The molecule has 6 nitrogen and oxygen atoms in total. The van der Waals surface area contributed by atoms with Crippen LogP contribution in [0.2, 0.25) is 0 Å². The molecular formula is C24H33N3O3. The largest absolute Gasteiger partial charge is 0.483 e. The summed E-state index contributed by atoms with van der Waals surface area (Å²) in [7, 11) is 0. The van der Waals surface area contributed by atoms with Crippen LogP contribution in [0.3, 0.4) is 0 Å². The summed E-state index contributed by atoms with van der Waals surface area (Å²) in [4.78, 5) is 27.6. The van der Waals surface area contributed by atoms with Gasteiger partial charge in [0.1, 0.15) is 6.10 Å². The predicted octanol–water partition coefficient (Wildman–Crippen LogP) is 2.70. The minimum absolute atomic E-state index is 0.0511. The van der Waals surface area contributed by atoms with E-state index in [1.54, 1.807) is 6.08 Å². The molecule has 4 rings (SSSR count). The third-order valence-electron chi connectivity index (χ3n) is 6.47. The van der Waals surface area contributed by atoms with Crippen LogP contribution in [-0.4, -0.2) is 55.0 Å². The quantitative estimate of drug-likeness (QED) is 0.558. The molecule has 2 saturated heterocycles. The molecule has 3 unspecified atom stereocenters. The smallest absolute Gasteiger partial charge is 0.286 e. The second kappa shape index (κ2) is 10.1. The van der Waals surface area contributed by atoms with Gasteiger partial charge in [0.05, 0.1) is 6.04 Å². The van der Waals surface area contributed by atoms with Crippen LogP contribution < -0.4 is 10.6 Å². The number of ether oxygens (including phenoxy) is 1. The number of hydrogen-bond donors (Lipinski definition) is 2. The molecule has 1 aromatic carbocycles. The number of nitrogens with zero attached hydrogens (tertiary/aromatic N) is 1. The molecule has 2 amide bonds. The van der Waals surface area contributed by atoms with E-state index in [1.807, 2.05) is 30.3 Å². The Bertz CT molecular complexity index is 758. The van der Waals surface area contributed by atoms with Gasteiger partial charge in [0.2, 0.25) is 5.91 Å². The second-order valence-electron chi connectivity index (χ2n) is 8.71. The van der Waals surface area contributed by atoms with Crippen molar-refractivity contribution in [1.29, 1.82) is 0 Å². The highest BCUT2D eigenvalue weighted by Gasteiger charge is 2.40. The van der Waals surface area contributed by atoms with Gasteiger partial charge < -0.3 is 20.3 Å². The number of morpholine rings is 1. The third-order valence-corrected chi connectivity index (χ3v) is 6.47. The third kappa shape index (κ3) is 5.42. The van der Waals surface area contributed by atoms with Crippen LogP contribution in [0.1, 0.15) is 50.5 Å². The van der Waals surface area contributed by atoms with E-state index < -0.39 is 0 Å². The van der Waals surface area contributed by atoms with Gasteiger partial charge in [-0.2, -0.15) is 0 Å². The number of likely N-dealkylation sites (tertiary alicyclic amines) is 1. The zero-order chi connectivity index (χ0) is 20.8. The number of nitrogens with one attached hydrogen (secondary N) is 2. The first-order chi connectivity index (χ1) is 14.7. The SMILES string of the molecule is O=C1NC2CC(C(=O)NCCCN3CCCCC3)CCC2O/C1=C\c1ccccc1. The lowest BCUT2D eigenvalue weighted by molar-refractivity contribution is -0.134. The fraction of sp³-hybridized carbons (Fsp3) is 0.583. The first-order valence-corrected chi connectivity index (χ1v) is 11.4. The molecule has 3 fully saturated rings. The van der Waals surface area contributed by atoms with Crippen molar-refractivity contribution in [2.45, 2.75) is 57.1 Å². The first-order valence-electron chi connectivity index (χ1n) is 11.4. The van der Waals surface area contributed by atoms with Gasteiger partial charge in [0.15, 0.2) is 5.76 Å². The van der Waals surface area contributed by atoms with Gasteiger partial charge >= 0.3 is 0 Å². The van der Waals surface area contributed by atoms with E-state index in [0.29, 0.717) is 12.2 Å². The molecular weight excluding hydrogens is 378 g/mol. The van der Waals surface area contributed by atoms with E-state index >= 15 is 0 Å². The van der Waals surface area contributed by atoms with Crippen LogP contribution in [0.25, 0.3) is 6.08 Å². The lowest BCUT2D eigenvalue weighted by Gasteiger charge is -2.39. The van der Waals surface area contributed by atoms with Crippen LogP contribution in [0.5, 0.6) is 0 Å². The normalized spacial score (nSPS) is 28.3. The van der Waals surface area contributed by atoms with Gasteiger partial charge in [-0.05, 0) is 69.8 Å². The maximum absolute atomic E-state index is 12.6. The highest BCUT2D eigenvalue weighted by Crippen LogP contribution is 2.31. The van der Waals surface area contributed by atoms with Crippen molar-refractivity contribution < 1.29 is 14.3 Å². The number of piperidine rings is 1. The Morgan fingerprint density at radius 2 is 1.97 bits per heavy atom. The summed E-state index contributed by atoms with van der Waals surface area (Å²) in [5, 5.41) is 6.17. The topological polar surface area (TPSA) is 70.7 Å². The maximum atomic E-state index is 12.6. The Hall–Kier alpha value is -2.34. The van der Waals surface area contributed by atoms with Crippen LogP contribution in [0.4, 0.5) is 0 Å². The lowest BCUT2D eigenvalue weighted by Crippen LogP contribution is -2.54. The summed E-state index contributed by atoms with van der Waals surface area (Å²) in [6, 6.07) is 9.62. The van der Waals surface area contributed by atoms with E-state index in [0.717, 1.165) is 37.9 Å². The van der Waals surface area contributed by atoms with Gasteiger partial charge in [-0.1, -0.05) is 36.8 Å². The van der Waals surface area contributed by atoms with E-state index in [4.69, 9.17) is 4.74 Å². The molecule has 1 aliphatic carbocycles. The Balaban J connectivity index is 1.22. The minimum Gasteiger partial charge on any atom is -0.483 e. The van der Waals surface area contributed by atoms with Gasteiger partial charge in [-0.25, -0.2) is 0 Å². The molecule has 3 aliphatic rings. The average molecular weight is 412 g/mol. The Labute approximate surface area is 179 Å².